The van der Waals surface area contributed by atoms with Crippen LogP contribution in [-0.4, -0.2) is 5.71 Å². The van der Waals surface area contributed by atoms with Crippen LogP contribution in [0.4, 0.5) is 45.5 Å². The van der Waals surface area contributed by atoms with Crippen LogP contribution in [0.1, 0.15) is 37.3 Å². The first-order valence-electron chi connectivity index (χ1n) is 22.4. The third-order valence-electron chi connectivity index (χ3n) is 12.3. The van der Waals surface area contributed by atoms with Crippen LogP contribution in [0.3, 0.4) is 0 Å². The predicted molar refractivity (Wildman–Crippen MR) is 271 cm³/mol. The quantitative estimate of drug-likeness (QED) is 0.126. The summed E-state index contributed by atoms with van der Waals surface area (Å²) in [7, 11) is 0. The molecule has 0 aliphatic carbocycles. The average molecular weight is 827 g/mol. The van der Waals surface area contributed by atoms with Gasteiger partial charge in [0.05, 0.1) is 17.1 Å². The van der Waals surface area contributed by atoms with Gasteiger partial charge in [-0.2, -0.15) is 0 Å². The number of anilines is 7. The number of unbranched alkanes of at least 4 members (excludes halogenated alkanes) is 1. The van der Waals surface area contributed by atoms with Crippen LogP contribution in [0.2, 0.25) is 0 Å². The van der Waals surface area contributed by atoms with Crippen molar-refractivity contribution in [1.29, 1.82) is 0 Å². The Morgan fingerprint density at radius 3 is 1.20 bits per heavy atom. The van der Waals surface area contributed by atoms with E-state index >= 15 is 0 Å². The summed E-state index contributed by atoms with van der Waals surface area (Å²) < 4.78 is 0. The topological polar surface area (TPSA) is 30.9 Å². The van der Waals surface area contributed by atoms with Crippen molar-refractivity contribution in [3.63, 3.8) is 0 Å². The monoisotopic (exact) mass is 826 g/mol. The first-order chi connectivity index (χ1) is 31.7. The maximum atomic E-state index is 5.87. The van der Waals surface area contributed by atoms with E-state index in [4.69, 9.17) is 4.99 Å². The third-order valence-corrected chi connectivity index (χ3v) is 12.3. The fraction of sp³-hybridized carbons (Fsp3) is 0.0833. The fourth-order valence-electron chi connectivity index (χ4n) is 9.18. The minimum Gasteiger partial charge on any atom is -0.368 e. The molecule has 1 unspecified atom stereocenters. The first kappa shape index (κ1) is 40.1. The molecule has 1 atom stereocenters. The molecule has 4 heteroatoms. The van der Waals surface area contributed by atoms with E-state index in [0.717, 1.165) is 98.3 Å². The Bertz CT molecular complexity index is 2880. The number of rotatable bonds is 13. The smallest absolute Gasteiger partial charge is 0.106 e. The number of nitrogens with one attached hydrogen (secondary N) is 1. The van der Waals surface area contributed by atoms with Gasteiger partial charge in [-0.1, -0.05) is 190 Å². The zero-order valence-corrected chi connectivity index (χ0v) is 36.1. The van der Waals surface area contributed by atoms with E-state index < -0.39 is 5.54 Å². The second-order valence-electron chi connectivity index (χ2n) is 16.3. The van der Waals surface area contributed by atoms with Crippen LogP contribution in [0.5, 0.6) is 0 Å². The van der Waals surface area contributed by atoms with Gasteiger partial charge in [0, 0.05) is 45.3 Å². The van der Waals surface area contributed by atoms with Gasteiger partial charge in [0.2, 0.25) is 0 Å². The highest BCUT2D eigenvalue weighted by atomic mass is 15.1. The molecule has 0 saturated heterocycles. The molecule has 1 aliphatic rings. The molecule has 1 aliphatic heterocycles. The summed E-state index contributed by atoms with van der Waals surface area (Å²) in [6, 6.07) is 86.5. The Morgan fingerprint density at radius 1 is 0.391 bits per heavy atom. The van der Waals surface area contributed by atoms with Crippen LogP contribution in [0.15, 0.2) is 248 Å². The molecular formula is C60H50N4. The van der Waals surface area contributed by atoms with E-state index in [0.29, 0.717) is 0 Å². The summed E-state index contributed by atoms with van der Waals surface area (Å²) in [5.74, 6) is 0. The standard InChI is InChI=1S/C60H50N4/c1-2-3-44-60(48-24-12-5-13-25-48)59(47-22-10-4-11-23-47)61-57-55(45-34-38-53(39-35-45)63(49-26-14-6-15-27-49)50-28-16-7-17-29-50)42-43-56(58(57)62-60)46-36-40-54(41-37-46)64(51-30-18-8-19-31-51)52-32-20-9-21-33-52/h4-43,62H,2-3,44H2,1H3. The van der Waals surface area contributed by atoms with Gasteiger partial charge in [0.25, 0.3) is 0 Å². The van der Waals surface area contributed by atoms with Crippen LogP contribution in [-0.2, 0) is 5.54 Å². The highest BCUT2D eigenvalue weighted by Gasteiger charge is 2.42. The van der Waals surface area contributed by atoms with E-state index in [-0.39, 0.29) is 0 Å². The van der Waals surface area contributed by atoms with Crippen LogP contribution in [0, 0.1) is 0 Å². The van der Waals surface area contributed by atoms with Crippen LogP contribution >= 0.6 is 0 Å². The van der Waals surface area contributed by atoms with Gasteiger partial charge in [-0.3, -0.25) is 0 Å². The SMILES string of the molecule is CCCCC1(c2ccccc2)Nc2c(-c3ccc(N(c4ccccc4)c4ccccc4)cc3)ccc(-c3ccc(N(c4ccccc4)c4ccccc4)cc3)c2N=C1c1ccccc1. The van der Waals surface area contributed by atoms with E-state index in [1.165, 1.54) is 5.56 Å². The van der Waals surface area contributed by atoms with Crippen LogP contribution < -0.4 is 15.1 Å². The molecule has 0 amide bonds. The number of benzene rings is 9. The molecule has 1 N–H and O–H groups in total. The maximum Gasteiger partial charge on any atom is 0.106 e. The lowest BCUT2D eigenvalue weighted by Crippen LogP contribution is -2.46. The minimum atomic E-state index is -0.577. The number of hydrogen-bond donors (Lipinski definition) is 1. The summed E-state index contributed by atoms with van der Waals surface area (Å²) in [5, 5.41) is 4.30. The molecule has 1 heterocycles. The number of fused-ring (bicyclic) bond motifs is 1. The van der Waals surface area contributed by atoms with E-state index in [9.17, 15) is 0 Å². The van der Waals surface area contributed by atoms with Crippen LogP contribution in [0.25, 0.3) is 22.3 Å². The van der Waals surface area contributed by atoms with Crippen molar-refractivity contribution in [1.82, 2.24) is 0 Å². The molecule has 10 rings (SSSR count). The second-order valence-corrected chi connectivity index (χ2v) is 16.3. The molecule has 0 saturated carbocycles. The summed E-state index contributed by atoms with van der Waals surface area (Å²) in [6.45, 7) is 2.27. The molecule has 9 aromatic rings. The molecular weight excluding hydrogens is 777 g/mol. The molecule has 0 radical (unpaired) electrons. The Balaban J connectivity index is 1.15. The van der Waals surface area contributed by atoms with Crippen molar-refractivity contribution in [2.75, 3.05) is 15.1 Å². The molecule has 0 bridgehead atoms. The minimum absolute atomic E-state index is 0.577. The Labute approximate surface area is 377 Å². The van der Waals surface area contributed by atoms with Gasteiger partial charge < -0.3 is 15.1 Å². The van der Waals surface area contributed by atoms with E-state index in [1.54, 1.807) is 0 Å². The van der Waals surface area contributed by atoms with E-state index in [2.05, 4.69) is 265 Å². The lowest BCUT2D eigenvalue weighted by molar-refractivity contribution is 0.552. The summed E-state index contributed by atoms with van der Waals surface area (Å²) >= 11 is 0. The van der Waals surface area contributed by atoms with Crippen molar-refractivity contribution >= 4 is 51.2 Å². The van der Waals surface area contributed by atoms with E-state index in [1.807, 2.05) is 0 Å². The van der Waals surface area contributed by atoms with Gasteiger partial charge >= 0.3 is 0 Å². The first-order valence-corrected chi connectivity index (χ1v) is 22.4. The third kappa shape index (κ3) is 7.87. The summed E-state index contributed by atoms with van der Waals surface area (Å²) in [5.41, 5.74) is 15.8. The summed E-state index contributed by atoms with van der Waals surface area (Å²) in [6.07, 6.45) is 2.98. The van der Waals surface area contributed by atoms with Crippen molar-refractivity contribution in [2.45, 2.75) is 31.7 Å². The molecule has 310 valence electrons. The number of aliphatic imine (C=N–C) groups is 1. The van der Waals surface area contributed by atoms with Gasteiger partial charge in [0.15, 0.2) is 0 Å². The summed E-state index contributed by atoms with van der Waals surface area (Å²) in [4.78, 5) is 10.5. The molecule has 0 aromatic heterocycles. The van der Waals surface area contributed by atoms with Gasteiger partial charge in [-0.15, -0.1) is 0 Å². The average Bonchev–Trinajstić information content (AvgIpc) is 3.37. The zero-order valence-electron chi connectivity index (χ0n) is 36.1. The molecule has 9 aromatic carbocycles. The molecule has 0 spiro atoms. The Morgan fingerprint density at radius 2 is 0.766 bits per heavy atom. The lowest BCUT2D eigenvalue weighted by atomic mass is 9.76. The fourth-order valence-corrected chi connectivity index (χ4v) is 9.18. The maximum absolute atomic E-state index is 5.87. The predicted octanol–water partition coefficient (Wildman–Crippen LogP) is 16.6. The zero-order chi connectivity index (χ0) is 43.1. The largest absolute Gasteiger partial charge is 0.368 e. The van der Waals surface area contributed by atoms with Crippen molar-refractivity contribution in [3.8, 4) is 22.3 Å². The van der Waals surface area contributed by atoms with Gasteiger partial charge in [0.1, 0.15) is 5.54 Å². The second kappa shape index (κ2) is 18.2. The highest BCUT2D eigenvalue weighted by Crippen LogP contribution is 2.52. The molecule has 4 nitrogen and oxygen atoms in total. The lowest BCUT2D eigenvalue weighted by Gasteiger charge is -2.42. The number of nitrogens with zero attached hydrogens (tertiary/aromatic N) is 3. The number of para-hydroxylation sites is 4. The Hall–Kier alpha value is -7.95. The Kier molecular flexibility index (Phi) is 11.4. The highest BCUT2D eigenvalue weighted by molar-refractivity contribution is 6.15. The van der Waals surface area contributed by atoms with Gasteiger partial charge in [-0.05, 0) is 101 Å². The van der Waals surface area contributed by atoms with Gasteiger partial charge in [-0.25, -0.2) is 4.99 Å². The van der Waals surface area contributed by atoms with Crippen molar-refractivity contribution in [2.24, 2.45) is 4.99 Å². The normalized spacial score (nSPS) is 14.2. The molecule has 64 heavy (non-hydrogen) atoms. The number of hydrogen-bond acceptors (Lipinski definition) is 4. The molecule has 0 fully saturated rings. The van der Waals surface area contributed by atoms with Crippen molar-refractivity contribution in [3.05, 3.63) is 254 Å². The van der Waals surface area contributed by atoms with Crippen molar-refractivity contribution < 1.29 is 0 Å².